The fraction of sp³-hybridized carbons (Fsp3) is 0.545. The van der Waals surface area contributed by atoms with Gasteiger partial charge in [0.25, 0.3) is 0 Å². The van der Waals surface area contributed by atoms with Crippen molar-refractivity contribution in [2.75, 3.05) is 0 Å². The maximum absolute atomic E-state index is 11.7. The molecule has 2 amide bonds. The Hall–Kier alpha value is -1.88. The van der Waals surface area contributed by atoms with Gasteiger partial charge in [-0.05, 0) is 6.42 Å². The molecule has 0 spiro atoms. The fourth-order valence-electron chi connectivity index (χ4n) is 1.42. The SMILES string of the molecule is CC(=O)N[C@@H](CC(=O)O)C(=O)N[C@@H](CCC(=O)O)C(=O)[O-].[Mg+2]. The minimum atomic E-state index is -1.71. The third-order valence-corrected chi connectivity index (χ3v) is 2.32. The first-order valence-corrected chi connectivity index (χ1v) is 5.85. The van der Waals surface area contributed by atoms with Crippen LogP contribution in [0.1, 0.15) is 26.2 Å². The number of hydrogen-bond acceptors (Lipinski definition) is 6. The van der Waals surface area contributed by atoms with Crippen LogP contribution in [0.5, 0.6) is 0 Å². The molecule has 0 aliphatic carbocycles. The summed E-state index contributed by atoms with van der Waals surface area (Å²) in [5, 5.41) is 31.9. The first-order valence-electron chi connectivity index (χ1n) is 5.85. The monoisotopic (exact) mass is 327 g/mol. The molecule has 0 heterocycles. The summed E-state index contributed by atoms with van der Waals surface area (Å²) in [5.41, 5.74) is 0. The molecule has 0 fully saturated rings. The van der Waals surface area contributed by atoms with E-state index in [1.807, 2.05) is 5.32 Å². The van der Waals surface area contributed by atoms with Crippen molar-refractivity contribution in [3.63, 3.8) is 0 Å². The number of rotatable bonds is 9. The number of carboxylic acid groups (broad SMARTS) is 3. The molecule has 0 aromatic heterocycles. The van der Waals surface area contributed by atoms with Crippen LogP contribution in [-0.2, 0) is 24.0 Å². The average Bonchev–Trinajstić information content (AvgIpc) is 2.31. The van der Waals surface area contributed by atoms with Crippen molar-refractivity contribution in [1.29, 1.82) is 0 Å². The molecule has 0 aromatic carbocycles. The molecule has 4 N–H and O–H groups in total. The van der Waals surface area contributed by atoms with Crippen LogP contribution in [0.2, 0.25) is 0 Å². The van der Waals surface area contributed by atoms with Crippen LogP contribution < -0.4 is 15.7 Å². The molecule has 0 radical (unpaired) electrons. The van der Waals surface area contributed by atoms with Crippen molar-refractivity contribution in [3.05, 3.63) is 0 Å². The Kier molecular flexibility index (Phi) is 11.0. The van der Waals surface area contributed by atoms with Crippen molar-refractivity contribution in [1.82, 2.24) is 10.6 Å². The largest absolute Gasteiger partial charge is 2.00 e. The van der Waals surface area contributed by atoms with Gasteiger partial charge >= 0.3 is 35.0 Å². The molecule has 0 aliphatic rings. The average molecular weight is 328 g/mol. The van der Waals surface area contributed by atoms with E-state index in [0.29, 0.717) is 0 Å². The molecule has 0 bridgehead atoms. The van der Waals surface area contributed by atoms with Crippen LogP contribution in [-0.4, -0.2) is 75.1 Å². The quantitative estimate of drug-likeness (QED) is 0.318. The van der Waals surface area contributed by atoms with Gasteiger partial charge in [-0.25, -0.2) is 0 Å². The van der Waals surface area contributed by atoms with Gasteiger partial charge < -0.3 is 30.7 Å². The van der Waals surface area contributed by atoms with E-state index in [1.165, 1.54) is 0 Å². The number of nitrogens with one attached hydrogen (secondary N) is 2. The van der Waals surface area contributed by atoms with E-state index in [4.69, 9.17) is 10.2 Å². The number of carbonyl (C=O) groups excluding carboxylic acids is 3. The Morgan fingerprint density at radius 1 is 1.00 bits per heavy atom. The molecule has 0 aromatic rings. The van der Waals surface area contributed by atoms with Gasteiger partial charge in [0.05, 0.1) is 18.4 Å². The first kappa shape index (κ1) is 22.4. The predicted molar refractivity (Wildman–Crippen MR) is 69.4 cm³/mol. The number of hydrogen-bond donors (Lipinski definition) is 4. The summed E-state index contributed by atoms with van der Waals surface area (Å²) in [5.74, 6) is -6.07. The van der Waals surface area contributed by atoms with Gasteiger partial charge in [-0.1, -0.05) is 0 Å². The minimum absolute atomic E-state index is 0. The maximum atomic E-state index is 11.7. The summed E-state index contributed by atoms with van der Waals surface area (Å²) in [6, 6.07) is -3.06. The molecule has 0 saturated carbocycles. The molecular formula is C11H15MgN2O8+. The normalized spacial score (nSPS) is 12.2. The molecule has 11 heteroatoms. The second kappa shape index (κ2) is 10.8. The van der Waals surface area contributed by atoms with Gasteiger partial charge in [0, 0.05) is 13.3 Å². The van der Waals surface area contributed by atoms with Crippen molar-refractivity contribution < 1.29 is 39.3 Å². The zero-order chi connectivity index (χ0) is 16.6. The summed E-state index contributed by atoms with van der Waals surface area (Å²) < 4.78 is 0. The van der Waals surface area contributed by atoms with Crippen molar-refractivity contribution in [2.24, 2.45) is 0 Å². The molecule has 0 aliphatic heterocycles. The van der Waals surface area contributed by atoms with E-state index < -0.39 is 61.1 Å². The maximum Gasteiger partial charge on any atom is 2.00 e. The number of amides is 2. The number of carbonyl (C=O) groups is 5. The smallest absolute Gasteiger partial charge is 0.548 e. The number of carboxylic acids is 3. The van der Waals surface area contributed by atoms with Gasteiger partial charge in [-0.15, -0.1) is 0 Å². The van der Waals surface area contributed by atoms with Gasteiger partial charge in [0.1, 0.15) is 6.04 Å². The molecule has 0 rings (SSSR count). The molecule has 0 unspecified atom stereocenters. The summed E-state index contributed by atoms with van der Waals surface area (Å²) in [7, 11) is 0. The Morgan fingerprint density at radius 3 is 1.91 bits per heavy atom. The van der Waals surface area contributed by atoms with E-state index in [0.717, 1.165) is 6.92 Å². The first-order chi connectivity index (χ1) is 9.63. The fourth-order valence-corrected chi connectivity index (χ4v) is 1.42. The molecule has 0 saturated heterocycles. The van der Waals surface area contributed by atoms with Crippen LogP contribution >= 0.6 is 0 Å². The van der Waals surface area contributed by atoms with E-state index in [9.17, 15) is 29.1 Å². The van der Waals surface area contributed by atoms with E-state index in [2.05, 4.69) is 5.32 Å². The van der Waals surface area contributed by atoms with Gasteiger partial charge in [0.2, 0.25) is 11.8 Å². The van der Waals surface area contributed by atoms with Gasteiger partial charge in [-0.2, -0.15) is 0 Å². The van der Waals surface area contributed by atoms with Crippen molar-refractivity contribution in [3.8, 4) is 0 Å². The Balaban J connectivity index is 0. The van der Waals surface area contributed by atoms with E-state index >= 15 is 0 Å². The molecule has 2 atom stereocenters. The van der Waals surface area contributed by atoms with Crippen LogP contribution in [0.25, 0.3) is 0 Å². The topological polar surface area (TPSA) is 173 Å². The zero-order valence-electron chi connectivity index (χ0n) is 11.8. The summed E-state index contributed by atoms with van der Waals surface area (Å²) in [4.78, 5) is 54.4. The van der Waals surface area contributed by atoms with Crippen LogP contribution in [0, 0.1) is 0 Å². The summed E-state index contributed by atoms with van der Waals surface area (Å²) in [6.07, 6.45) is -1.70. The molecule has 10 nitrogen and oxygen atoms in total. The molecule has 118 valence electrons. The third-order valence-electron chi connectivity index (χ3n) is 2.32. The molecule has 22 heavy (non-hydrogen) atoms. The van der Waals surface area contributed by atoms with Crippen molar-refractivity contribution >= 4 is 52.8 Å². The van der Waals surface area contributed by atoms with Crippen molar-refractivity contribution in [2.45, 2.75) is 38.3 Å². The predicted octanol–water partition coefficient (Wildman–Crippen LogP) is -3.32. The van der Waals surface area contributed by atoms with Crippen LogP contribution in [0.15, 0.2) is 0 Å². The minimum Gasteiger partial charge on any atom is -0.548 e. The Labute approximate surface area is 141 Å². The zero-order valence-corrected chi connectivity index (χ0v) is 13.2. The summed E-state index contributed by atoms with van der Waals surface area (Å²) >= 11 is 0. The Morgan fingerprint density at radius 2 is 1.55 bits per heavy atom. The standard InChI is InChI=1S/C11H16N2O8.Mg/c1-5(14)12-7(4-9(17)18)10(19)13-6(11(20)21)2-3-8(15)16;/h6-7H,2-4H2,1H3,(H,12,14)(H,13,19)(H,15,16)(H,17,18)(H,20,21);/q;+2/p-1/t6-,7-;/m0./s1. The third kappa shape index (κ3) is 9.93. The van der Waals surface area contributed by atoms with E-state index in [-0.39, 0.29) is 23.1 Å². The van der Waals surface area contributed by atoms with Gasteiger partial charge in [-0.3, -0.25) is 19.2 Å². The van der Waals surface area contributed by atoms with E-state index in [1.54, 1.807) is 0 Å². The van der Waals surface area contributed by atoms with Crippen LogP contribution in [0.3, 0.4) is 0 Å². The Bertz CT molecular complexity index is 437. The molecular weight excluding hydrogens is 312 g/mol. The van der Waals surface area contributed by atoms with Gasteiger partial charge in [0.15, 0.2) is 0 Å². The number of aliphatic carboxylic acids is 3. The second-order valence-electron chi connectivity index (χ2n) is 4.16. The second-order valence-corrected chi connectivity index (χ2v) is 4.16. The van der Waals surface area contributed by atoms with Crippen LogP contribution in [0.4, 0.5) is 0 Å². The summed E-state index contributed by atoms with van der Waals surface area (Å²) in [6.45, 7) is 1.06.